The molecule has 0 N–H and O–H groups in total. The van der Waals surface area contributed by atoms with E-state index in [0.717, 1.165) is 30.9 Å². The van der Waals surface area contributed by atoms with Crippen LogP contribution in [0.3, 0.4) is 0 Å². The number of ether oxygens (including phenoxy) is 3. The Balaban J connectivity index is 1.35. The van der Waals surface area contributed by atoms with Gasteiger partial charge in [0.2, 0.25) is 5.88 Å². The minimum Gasteiger partial charge on any atom is -0.497 e. The van der Waals surface area contributed by atoms with Gasteiger partial charge in [0.05, 0.1) is 25.9 Å². The van der Waals surface area contributed by atoms with E-state index < -0.39 is 0 Å². The van der Waals surface area contributed by atoms with Crippen molar-refractivity contribution in [3.63, 3.8) is 0 Å². The fourth-order valence-corrected chi connectivity index (χ4v) is 3.75. The van der Waals surface area contributed by atoms with Crippen LogP contribution in [0, 0.1) is 0 Å². The molecule has 0 spiro atoms. The number of benzene rings is 1. The number of piperazine rings is 1. The molecule has 1 atom stereocenters. The lowest BCUT2D eigenvalue weighted by Gasteiger charge is -2.36. The molecule has 3 heterocycles. The van der Waals surface area contributed by atoms with E-state index in [4.69, 9.17) is 25.8 Å². The third kappa shape index (κ3) is 4.57. The molecule has 2 aliphatic heterocycles. The van der Waals surface area contributed by atoms with E-state index in [9.17, 15) is 4.79 Å². The Hall–Kier alpha value is -2.51. The van der Waals surface area contributed by atoms with Crippen molar-refractivity contribution < 1.29 is 19.0 Å². The highest BCUT2D eigenvalue weighted by Crippen LogP contribution is 2.26. The fraction of sp³-hybridized carbons (Fsp3) is 0.429. The number of methoxy groups -OCH3 is 1. The lowest BCUT2D eigenvalue weighted by Crippen LogP contribution is -2.48. The quantitative estimate of drug-likeness (QED) is 0.745. The molecule has 1 aromatic carbocycles. The first-order valence-corrected chi connectivity index (χ1v) is 10.1. The van der Waals surface area contributed by atoms with Crippen molar-refractivity contribution in [2.45, 2.75) is 12.5 Å². The highest BCUT2D eigenvalue weighted by atomic mass is 35.5. The SMILES string of the molecule is COc1ccc(N2CCN(C(=O)c3cnc(OC4CCOC4)c(Cl)c3)CC2)cc1. The van der Waals surface area contributed by atoms with Gasteiger partial charge in [-0.15, -0.1) is 0 Å². The van der Waals surface area contributed by atoms with E-state index in [0.29, 0.717) is 42.8 Å². The molecule has 0 aliphatic carbocycles. The monoisotopic (exact) mass is 417 g/mol. The van der Waals surface area contributed by atoms with Gasteiger partial charge in [0, 0.05) is 44.5 Å². The minimum absolute atomic E-state index is 0.0346. The van der Waals surface area contributed by atoms with Crippen molar-refractivity contribution in [2.75, 3.05) is 51.4 Å². The molecule has 1 unspecified atom stereocenters. The summed E-state index contributed by atoms with van der Waals surface area (Å²) in [6.07, 6.45) is 2.32. The van der Waals surface area contributed by atoms with Crippen molar-refractivity contribution in [3.8, 4) is 11.6 Å². The lowest BCUT2D eigenvalue weighted by atomic mass is 10.2. The third-order valence-corrected chi connectivity index (χ3v) is 5.50. The number of carbonyl (C=O) groups excluding carboxylic acids is 1. The summed E-state index contributed by atoms with van der Waals surface area (Å²) in [5.74, 6) is 1.12. The van der Waals surface area contributed by atoms with Crippen LogP contribution in [-0.2, 0) is 4.74 Å². The molecule has 0 radical (unpaired) electrons. The normalized spacial score (nSPS) is 19.3. The molecule has 1 amide bonds. The summed E-state index contributed by atoms with van der Waals surface area (Å²) in [5, 5.41) is 0.347. The molecule has 2 aromatic rings. The van der Waals surface area contributed by atoms with Gasteiger partial charge < -0.3 is 24.0 Å². The average Bonchev–Trinajstić information content (AvgIpc) is 3.28. The molecule has 0 bridgehead atoms. The first kappa shape index (κ1) is 19.8. The predicted molar refractivity (Wildman–Crippen MR) is 110 cm³/mol. The number of halogens is 1. The van der Waals surface area contributed by atoms with Gasteiger partial charge in [0.15, 0.2) is 0 Å². The molecule has 29 heavy (non-hydrogen) atoms. The Morgan fingerprint density at radius 2 is 1.97 bits per heavy atom. The summed E-state index contributed by atoms with van der Waals surface area (Å²) in [6.45, 7) is 4.03. The largest absolute Gasteiger partial charge is 0.497 e. The van der Waals surface area contributed by atoms with E-state index in [1.807, 2.05) is 29.2 Å². The second-order valence-electron chi connectivity index (χ2n) is 7.09. The molecule has 0 saturated carbocycles. The highest BCUT2D eigenvalue weighted by Gasteiger charge is 2.24. The number of carbonyl (C=O) groups is 1. The second-order valence-corrected chi connectivity index (χ2v) is 7.50. The molecule has 2 saturated heterocycles. The van der Waals surface area contributed by atoms with E-state index in [1.165, 1.54) is 6.20 Å². The highest BCUT2D eigenvalue weighted by molar-refractivity contribution is 6.32. The van der Waals surface area contributed by atoms with Crippen LogP contribution in [0.1, 0.15) is 16.8 Å². The number of pyridine rings is 1. The van der Waals surface area contributed by atoms with E-state index in [2.05, 4.69) is 9.88 Å². The number of aromatic nitrogens is 1. The Labute approximate surface area is 175 Å². The van der Waals surface area contributed by atoms with Crippen LogP contribution in [0.4, 0.5) is 5.69 Å². The smallest absolute Gasteiger partial charge is 0.255 e. The van der Waals surface area contributed by atoms with Gasteiger partial charge >= 0.3 is 0 Å². The van der Waals surface area contributed by atoms with Crippen LogP contribution in [0.2, 0.25) is 5.02 Å². The Morgan fingerprint density at radius 3 is 2.59 bits per heavy atom. The van der Waals surface area contributed by atoms with Gasteiger partial charge in [-0.1, -0.05) is 11.6 Å². The maximum absolute atomic E-state index is 12.9. The first-order chi connectivity index (χ1) is 14.1. The zero-order chi connectivity index (χ0) is 20.2. The van der Waals surface area contributed by atoms with Gasteiger partial charge in [0.1, 0.15) is 16.9 Å². The number of rotatable bonds is 5. The number of nitrogens with zero attached hydrogens (tertiary/aromatic N) is 3. The maximum atomic E-state index is 12.9. The van der Waals surface area contributed by atoms with Crippen molar-refractivity contribution >= 4 is 23.2 Å². The van der Waals surface area contributed by atoms with E-state index >= 15 is 0 Å². The Bertz CT molecular complexity index is 848. The predicted octanol–water partition coefficient (Wildman–Crippen LogP) is 2.87. The summed E-state index contributed by atoms with van der Waals surface area (Å²) < 4.78 is 16.3. The van der Waals surface area contributed by atoms with Crippen LogP contribution in [0.5, 0.6) is 11.6 Å². The van der Waals surface area contributed by atoms with Gasteiger partial charge in [0.25, 0.3) is 5.91 Å². The van der Waals surface area contributed by atoms with Crippen LogP contribution < -0.4 is 14.4 Å². The summed E-state index contributed by atoms with van der Waals surface area (Å²) in [5.41, 5.74) is 1.60. The maximum Gasteiger partial charge on any atom is 0.255 e. The molecule has 2 fully saturated rings. The Morgan fingerprint density at radius 1 is 1.21 bits per heavy atom. The van der Waals surface area contributed by atoms with Gasteiger partial charge in [-0.2, -0.15) is 0 Å². The average molecular weight is 418 g/mol. The van der Waals surface area contributed by atoms with Crippen molar-refractivity contribution in [1.29, 1.82) is 0 Å². The van der Waals surface area contributed by atoms with E-state index in [-0.39, 0.29) is 12.0 Å². The fourth-order valence-electron chi connectivity index (χ4n) is 3.54. The van der Waals surface area contributed by atoms with Crippen LogP contribution >= 0.6 is 11.6 Å². The first-order valence-electron chi connectivity index (χ1n) is 9.72. The summed E-state index contributed by atoms with van der Waals surface area (Å²) in [6, 6.07) is 9.60. The van der Waals surface area contributed by atoms with Crippen LogP contribution in [-0.4, -0.2) is 68.4 Å². The zero-order valence-electron chi connectivity index (χ0n) is 16.3. The Kier molecular flexibility index (Phi) is 6.06. The standard InChI is InChI=1S/C21H24ClN3O4/c1-27-17-4-2-16(3-5-17)24-7-9-25(10-8-24)21(26)15-12-19(22)20(23-13-15)29-18-6-11-28-14-18/h2-5,12-13,18H,6-11,14H2,1H3. The number of amides is 1. The number of anilines is 1. The molecule has 8 heteroatoms. The summed E-state index contributed by atoms with van der Waals surface area (Å²) in [4.78, 5) is 21.2. The van der Waals surface area contributed by atoms with Gasteiger partial charge in [-0.3, -0.25) is 4.79 Å². The zero-order valence-corrected chi connectivity index (χ0v) is 17.1. The topological polar surface area (TPSA) is 64.1 Å². The molecular weight excluding hydrogens is 394 g/mol. The van der Waals surface area contributed by atoms with E-state index in [1.54, 1.807) is 13.2 Å². The van der Waals surface area contributed by atoms with Gasteiger partial charge in [-0.05, 0) is 30.3 Å². The summed E-state index contributed by atoms with van der Waals surface area (Å²) >= 11 is 6.30. The van der Waals surface area contributed by atoms with Crippen molar-refractivity contribution in [1.82, 2.24) is 9.88 Å². The number of hydrogen-bond donors (Lipinski definition) is 0. The second kappa shape index (κ2) is 8.88. The molecular formula is C21H24ClN3O4. The molecule has 4 rings (SSSR count). The van der Waals surface area contributed by atoms with Crippen molar-refractivity contribution in [3.05, 3.63) is 47.1 Å². The summed E-state index contributed by atoms with van der Waals surface area (Å²) in [7, 11) is 1.66. The number of hydrogen-bond acceptors (Lipinski definition) is 6. The third-order valence-electron chi connectivity index (χ3n) is 5.23. The van der Waals surface area contributed by atoms with Crippen LogP contribution in [0.25, 0.3) is 0 Å². The molecule has 154 valence electrons. The lowest BCUT2D eigenvalue weighted by molar-refractivity contribution is 0.0746. The molecule has 2 aliphatic rings. The molecule has 1 aromatic heterocycles. The van der Waals surface area contributed by atoms with Gasteiger partial charge in [-0.25, -0.2) is 4.98 Å². The van der Waals surface area contributed by atoms with Crippen molar-refractivity contribution in [2.24, 2.45) is 0 Å². The minimum atomic E-state index is -0.0652. The van der Waals surface area contributed by atoms with Crippen LogP contribution in [0.15, 0.2) is 36.5 Å². The molecule has 7 nitrogen and oxygen atoms in total.